The topological polar surface area (TPSA) is 76.4 Å². The van der Waals surface area contributed by atoms with Crippen molar-refractivity contribution in [3.05, 3.63) is 58.5 Å². The molecule has 1 amide bonds. The Morgan fingerprint density at radius 1 is 1.19 bits per heavy atom. The van der Waals surface area contributed by atoms with Gasteiger partial charge < -0.3 is 19.8 Å². The lowest BCUT2D eigenvalue weighted by atomic mass is 10.2. The van der Waals surface area contributed by atoms with Gasteiger partial charge in [-0.25, -0.2) is 4.98 Å². The minimum absolute atomic E-state index is 0.0156. The Morgan fingerprint density at radius 2 is 2.00 bits per heavy atom. The van der Waals surface area contributed by atoms with Crippen LogP contribution in [0.2, 0.25) is 10.0 Å². The van der Waals surface area contributed by atoms with E-state index in [1.54, 1.807) is 30.5 Å². The fraction of sp³-hybridized carbons (Fsp3) is 0.111. The molecular weight excluding hydrogens is 377 g/mol. The summed E-state index contributed by atoms with van der Waals surface area (Å²) in [6, 6.07) is 10.7. The van der Waals surface area contributed by atoms with Gasteiger partial charge in [0.15, 0.2) is 12.4 Å². The van der Waals surface area contributed by atoms with Gasteiger partial charge in [-0.05, 0) is 30.3 Å². The Kier molecular flexibility index (Phi) is 4.44. The summed E-state index contributed by atoms with van der Waals surface area (Å²) in [7, 11) is 0. The molecule has 1 aromatic heterocycles. The molecule has 2 N–H and O–H groups in total. The number of halogens is 2. The lowest BCUT2D eigenvalue weighted by molar-refractivity contribution is -0.118. The van der Waals surface area contributed by atoms with Crippen LogP contribution in [0.3, 0.4) is 0 Å². The number of amides is 1. The zero-order valence-corrected chi connectivity index (χ0v) is 14.9. The zero-order chi connectivity index (χ0) is 18.1. The Balaban J connectivity index is 1.48. The van der Waals surface area contributed by atoms with Gasteiger partial charge in [0.05, 0.1) is 29.1 Å². The molecule has 2 aromatic carbocycles. The van der Waals surface area contributed by atoms with Crippen molar-refractivity contribution in [2.45, 2.75) is 6.54 Å². The maximum Gasteiger partial charge on any atom is 0.262 e. The van der Waals surface area contributed by atoms with E-state index in [1.807, 2.05) is 12.1 Å². The molecule has 0 atom stereocenters. The van der Waals surface area contributed by atoms with E-state index in [9.17, 15) is 4.79 Å². The Bertz CT molecular complexity index is 970. The van der Waals surface area contributed by atoms with Gasteiger partial charge >= 0.3 is 0 Å². The van der Waals surface area contributed by atoms with Gasteiger partial charge in [0.2, 0.25) is 5.89 Å². The summed E-state index contributed by atoms with van der Waals surface area (Å²) in [6.07, 6.45) is 1.66. The molecule has 0 saturated carbocycles. The second-order valence-corrected chi connectivity index (χ2v) is 6.49. The zero-order valence-electron chi connectivity index (χ0n) is 13.4. The van der Waals surface area contributed by atoms with E-state index in [0.29, 0.717) is 45.4 Å². The van der Waals surface area contributed by atoms with Crippen LogP contribution >= 0.6 is 23.2 Å². The van der Waals surface area contributed by atoms with Crippen LogP contribution in [0.4, 0.5) is 11.4 Å². The molecular formula is C18H13Cl2N3O3. The molecule has 4 rings (SSSR count). The van der Waals surface area contributed by atoms with Crippen molar-refractivity contribution in [1.29, 1.82) is 0 Å². The molecule has 0 unspecified atom stereocenters. The van der Waals surface area contributed by atoms with Crippen LogP contribution in [0, 0.1) is 0 Å². The molecule has 26 heavy (non-hydrogen) atoms. The van der Waals surface area contributed by atoms with Crippen molar-refractivity contribution in [2.75, 3.05) is 17.2 Å². The summed E-state index contributed by atoms with van der Waals surface area (Å²) in [6.45, 7) is 0.330. The molecule has 0 saturated heterocycles. The van der Waals surface area contributed by atoms with Crippen LogP contribution in [0.1, 0.15) is 5.89 Å². The van der Waals surface area contributed by atoms with Gasteiger partial charge in [0.1, 0.15) is 5.75 Å². The highest BCUT2D eigenvalue weighted by molar-refractivity contribution is 6.33. The number of hydrogen-bond donors (Lipinski definition) is 2. The molecule has 2 heterocycles. The summed E-state index contributed by atoms with van der Waals surface area (Å²) in [5.74, 6) is 1.52. The molecule has 0 aliphatic carbocycles. The van der Waals surface area contributed by atoms with E-state index in [-0.39, 0.29) is 12.5 Å². The number of nitrogens with one attached hydrogen (secondary N) is 2. The van der Waals surface area contributed by atoms with E-state index in [4.69, 9.17) is 32.4 Å². The number of aromatic nitrogens is 1. The number of anilines is 2. The van der Waals surface area contributed by atoms with Crippen LogP contribution in [0.5, 0.6) is 5.75 Å². The number of benzene rings is 2. The number of ether oxygens (including phenoxy) is 1. The summed E-state index contributed by atoms with van der Waals surface area (Å²) in [5.41, 5.74) is 2.11. The first-order valence-electron chi connectivity index (χ1n) is 7.79. The SMILES string of the molecule is O=C1COc2cc(NCc3ncc(-c4ccc(Cl)cc4)o3)c(Cl)cc2N1. The third kappa shape index (κ3) is 3.47. The molecule has 1 aliphatic heterocycles. The largest absolute Gasteiger partial charge is 0.482 e. The van der Waals surface area contributed by atoms with Gasteiger partial charge in [-0.1, -0.05) is 23.2 Å². The second-order valence-electron chi connectivity index (χ2n) is 5.64. The van der Waals surface area contributed by atoms with E-state index in [1.165, 1.54) is 0 Å². The second kappa shape index (κ2) is 6.90. The highest BCUT2D eigenvalue weighted by Gasteiger charge is 2.18. The van der Waals surface area contributed by atoms with Crippen molar-refractivity contribution in [1.82, 2.24) is 4.98 Å². The average molecular weight is 390 g/mol. The minimum atomic E-state index is -0.205. The maximum atomic E-state index is 11.3. The van der Waals surface area contributed by atoms with Gasteiger partial charge in [-0.3, -0.25) is 4.79 Å². The van der Waals surface area contributed by atoms with Crippen molar-refractivity contribution in [3.8, 4) is 17.1 Å². The van der Waals surface area contributed by atoms with Crippen molar-refractivity contribution in [3.63, 3.8) is 0 Å². The van der Waals surface area contributed by atoms with Crippen molar-refractivity contribution in [2.24, 2.45) is 0 Å². The number of hydrogen-bond acceptors (Lipinski definition) is 5. The van der Waals surface area contributed by atoms with Crippen molar-refractivity contribution < 1.29 is 13.9 Å². The molecule has 132 valence electrons. The van der Waals surface area contributed by atoms with Crippen molar-refractivity contribution >= 4 is 40.5 Å². The van der Waals surface area contributed by atoms with Crippen LogP contribution < -0.4 is 15.4 Å². The fourth-order valence-electron chi connectivity index (χ4n) is 2.55. The van der Waals surface area contributed by atoms with E-state index in [2.05, 4.69) is 15.6 Å². The first-order chi connectivity index (χ1) is 12.6. The molecule has 3 aromatic rings. The molecule has 8 heteroatoms. The number of carbonyl (C=O) groups is 1. The molecule has 0 radical (unpaired) electrons. The van der Waals surface area contributed by atoms with Gasteiger partial charge in [-0.15, -0.1) is 0 Å². The van der Waals surface area contributed by atoms with Gasteiger partial charge in [-0.2, -0.15) is 0 Å². The number of nitrogens with zero attached hydrogens (tertiary/aromatic N) is 1. The highest BCUT2D eigenvalue weighted by atomic mass is 35.5. The Labute approximate surface area is 159 Å². The molecule has 6 nitrogen and oxygen atoms in total. The van der Waals surface area contributed by atoms with E-state index in [0.717, 1.165) is 5.56 Å². The van der Waals surface area contributed by atoms with Gasteiger partial charge in [0.25, 0.3) is 5.91 Å². The summed E-state index contributed by atoms with van der Waals surface area (Å²) < 4.78 is 11.1. The van der Waals surface area contributed by atoms with E-state index < -0.39 is 0 Å². The summed E-state index contributed by atoms with van der Waals surface area (Å²) in [4.78, 5) is 15.6. The number of oxazole rings is 1. The number of carbonyl (C=O) groups excluding carboxylic acids is 1. The third-order valence-electron chi connectivity index (χ3n) is 3.81. The third-order valence-corrected chi connectivity index (χ3v) is 4.38. The standard InChI is InChI=1S/C18H13Cl2N3O3/c19-11-3-1-10(2-4-11)16-7-22-18(26-16)8-21-13-6-15-14(5-12(13)20)23-17(24)9-25-15/h1-7,21H,8-9H2,(H,23,24). The average Bonchev–Trinajstić information content (AvgIpc) is 3.09. The van der Waals surface area contributed by atoms with Crippen LogP contribution in [-0.4, -0.2) is 17.5 Å². The van der Waals surface area contributed by atoms with Gasteiger partial charge in [0, 0.05) is 16.7 Å². The van der Waals surface area contributed by atoms with Crippen LogP contribution in [-0.2, 0) is 11.3 Å². The molecule has 0 fully saturated rings. The quantitative estimate of drug-likeness (QED) is 0.682. The monoisotopic (exact) mass is 389 g/mol. The fourth-order valence-corrected chi connectivity index (χ4v) is 2.90. The smallest absolute Gasteiger partial charge is 0.262 e. The number of rotatable bonds is 4. The van der Waals surface area contributed by atoms with Crippen LogP contribution in [0.25, 0.3) is 11.3 Å². The lowest BCUT2D eigenvalue weighted by Crippen LogP contribution is -2.25. The first-order valence-corrected chi connectivity index (χ1v) is 8.55. The summed E-state index contributed by atoms with van der Waals surface area (Å²) >= 11 is 12.2. The first kappa shape index (κ1) is 16.8. The normalized spacial score (nSPS) is 12.9. The Hall–Kier alpha value is -2.70. The van der Waals surface area contributed by atoms with Crippen LogP contribution in [0.15, 0.2) is 47.0 Å². The summed E-state index contributed by atoms with van der Waals surface area (Å²) in [5, 5.41) is 6.99. The highest BCUT2D eigenvalue weighted by Crippen LogP contribution is 2.36. The lowest BCUT2D eigenvalue weighted by Gasteiger charge is -2.19. The maximum absolute atomic E-state index is 11.3. The molecule has 0 bridgehead atoms. The molecule has 0 spiro atoms. The minimum Gasteiger partial charge on any atom is -0.482 e. The molecule has 1 aliphatic rings. The number of fused-ring (bicyclic) bond motifs is 1. The predicted octanol–water partition coefficient (Wildman–Crippen LogP) is 4.59. The van der Waals surface area contributed by atoms with E-state index >= 15 is 0 Å². The predicted molar refractivity (Wildman–Crippen MR) is 99.9 cm³/mol. The Morgan fingerprint density at radius 3 is 2.81 bits per heavy atom.